The van der Waals surface area contributed by atoms with Gasteiger partial charge in [0.15, 0.2) is 6.10 Å². The van der Waals surface area contributed by atoms with Crippen molar-refractivity contribution in [3.63, 3.8) is 0 Å². The van der Waals surface area contributed by atoms with Crippen LogP contribution in [0.4, 0.5) is 0 Å². The molecule has 0 saturated heterocycles. The van der Waals surface area contributed by atoms with Gasteiger partial charge in [0, 0.05) is 18.0 Å². The van der Waals surface area contributed by atoms with Gasteiger partial charge in [0.1, 0.15) is 0 Å². The number of hydrogen-bond donors (Lipinski definition) is 0. The van der Waals surface area contributed by atoms with Crippen LogP contribution in [0, 0.1) is 0 Å². The quantitative estimate of drug-likeness (QED) is 0.498. The lowest BCUT2D eigenvalue weighted by Gasteiger charge is -2.12. The van der Waals surface area contributed by atoms with Crippen molar-refractivity contribution in [2.24, 2.45) is 0 Å². The number of ether oxygens (including phenoxy) is 1. The van der Waals surface area contributed by atoms with Gasteiger partial charge in [-0.15, -0.1) is 0 Å². The molecular formula is C22H17N3O3. The maximum absolute atomic E-state index is 12.8. The largest absolute Gasteiger partial charge is 0.449 e. The predicted octanol–water partition coefficient (Wildman–Crippen LogP) is 4.30. The van der Waals surface area contributed by atoms with Crippen molar-refractivity contribution in [3.05, 3.63) is 77.4 Å². The zero-order chi connectivity index (χ0) is 19.1. The van der Waals surface area contributed by atoms with Gasteiger partial charge in [0.25, 0.3) is 5.89 Å². The Morgan fingerprint density at radius 3 is 2.79 bits per heavy atom. The van der Waals surface area contributed by atoms with E-state index in [0.717, 1.165) is 23.8 Å². The van der Waals surface area contributed by atoms with Gasteiger partial charge < -0.3 is 9.26 Å². The van der Waals surface area contributed by atoms with Gasteiger partial charge in [-0.25, -0.2) is 4.79 Å². The average Bonchev–Trinajstić information content (AvgIpc) is 3.38. The normalized spacial score (nSPS) is 13.6. The molecule has 5 rings (SSSR count). The molecule has 138 valence electrons. The maximum Gasteiger partial charge on any atom is 0.339 e. The van der Waals surface area contributed by atoms with Crippen LogP contribution in [-0.4, -0.2) is 21.1 Å². The fourth-order valence-corrected chi connectivity index (χ4v) is 3.71. The van der Waals surface area contributed by atoms with Crippen molar-refractivity contribution in [1.82, 2.24) is 15.1 Å². The minimum Gasteiger partial charge on any atom is -0.449 e. The van der Waals surface area contributed by atoms with Crippen molar-refractivity contribution in [2.75, 3.05) is 0 Å². The van der Waals surface area contributed by atoms with Gasteiger partial charge in [-0.1, -0.05) is 29.4 Å². The first kappa shape index (κ1) is 16.6. The summed E-state index contributed by atoms with van der Waals surface area (Å²) in [4.78, 5) is 21.2. The first-order valence-electron chi connectivity index (χ1n) is 9.19. The molecule has 2 heterocycles. The Balaban J connectivity index is 1.41. The second kappa shape index (κ2) is 6.56. The smallest absolute Gasteiger partial charge is 0.339 e. The summed E-state index contributed by atoms with van der Waals surface area (Å²) in [6.45, 7) is 1.72. The third-order valence-electron chi connectivity index (χ3n) is 5.09. The fourth-order valence-electron chi connectivity index (χ4n) is 3.71. The first-order chi connectivity index (χ1) is 13.7. The lowest BCUT2D eigenvalue weighted by molar-refractivity contribution is 0.0268. The van der Waals surface area contributed by atoms with Crippen LogP contribution in [-0.2, 0) is 17.6 Å². The third-order valence-corrected chi connectivity index (χ3v) is 5.09. The molecule has 4 aromatic rings. The Morgan fingerprint density at radius 2 is 1.96 bits per heavy atom. The molecule has 0 radical (unpaired) electrons. The molecule has 28 heavy (non-hydrogen) atoms. The summed E-state index contributed by atoms with van der Waals surface area (Å²) in [5.41, 5.74) is 3.87. The summed E-state index contributed by atoms with van der Waals surface area (Å²) in [5.74, 6) is 0.263. The molecule has 1 aliphatic rings. The van der Waals surface area contributed by atoms with Crippen molar-refractivity contribution < 1.29 is 14.1 Å². The van der Waals surface area contributed by atoms with Crippen LogP contribution in [0.15, 0.2) is 59.4 Å². The first-order valence-corrected chi connectivity index (χ1v) is 9.19. The van der Waals surface area contributed by atoms with Crippen LogP contribution in [0.3, 0.4) is 0 Å². The summed E-state index contributed by atoms with van der Waals surface area (Å²) in [6, 6.07) is 13.6. The molecule has 0 unspecified atom stereocenters. The van der Waals surface area contributed by atoms with E-state index in [0.29, 0.717) is 11.4 Å². The topological polar surface area (TPSA) is 78.1 Å². The highest BCUT2D eigenvalue weighted by Gasteiger charge is 2.23. The minimum atomic E-state index is -0.659. The van der Waals surface area contributed by atoms with E-state index in [1.807, 2.05) is 30.3 Å². The third kappa shape index (κ3) is 2.74. The summed E-state index contributed by atoms with van der Waals surface area (Å²) in [6.07, 6.45) is 4.69. The number of nitrogens with zero attached hydrogens (tertiary/aromatic N) is 3. The molecule has 1 aliphatic carbocycles. The van der Waals surface area contributed by atoms with Crippen molar-refractivity contribution in [1.29, 1.82) is 0 Å². The van der Waals surface area contributed by atoms with E-state index in [4.69, 9.17) is 9.26 Å². The van der Waals surface area contributed by atoms with Crippen molar-refractivity contribution >= 4 is 16.7 Å². The average molecular weight is 371 g/mol. The molecule has 0 aliphatic heterocycles. The number of pyridine rings is 1. The van der Waals surface area contributed by atoms with E-state index in [-0.39, 0.29) is 5.89 Å². The molecule has 2 aromatic heterocycles. The molecule has 0 bridgehead atoms. The van der Waals surface area contributed by atoms with Crippen LogP contribution in [0.25, 0.3) is 22.2 Å². The molecule has 0 fully saturated rings. The minimum absolute atomic E-state index is 0.248. The Bertz CT molecular complexity index is 1170. The highest BCUT2D eigenvalue weighted by molar-refractivity contribution is 6.07. The highest BCUT2D eigenvalue weighted by Crippen LogP contribution is 2.33. The predicted molar refractivity (Wildman–Crippen MR) is 103 cm³/mol. The maximum atomic E-state index is 12.8. The molecule has 6 nitrogen and oxygen atoms in total. The highest BCUT2D eigenvalue weighted by atomic mass is 16.6. The molecular weight excluding hydrogens is 354 g/mol. The zero-order valence-electron chi connectivity index (χ0n) is 15.3. The number of hydrogen-bond acceptors (Lipinski definition) is 6. The Kier molecular flexibility index (Phi) is 3.90. The molecule has 6 heteroatoms. The number of benzene rings is 2. The van der Waals surface area contributed by atoms with E-state index in [2.05, 4.69) is 21.2 Å². The number of aromatic nitrogens is 3. The fraction of sp³-hybridized carbons (Fsp3) is 0.182. The van der Waals surface area contributed by atoms with E-state index in [9.17, 15) is 4.79 Å². The van der Waals surface area contributed by atoms with Crippen LogP contribution in [0.1, 0.15) is 40.4 Å². The van der Waals surface area contributed by atoms with E-state index >= 15 is 0 Å². The Hall–Kier alpha value is -3.54. The van der Waals surface area contributed by atoms with Gasteiger partial charge in [-0.2, -0.15) is 4.98 Å². The van der Waals surface area contributed by atoms with Crippen molar-refractivity contribution in [3.8, 4) is 11.4 Å². The van der Waals surface area contributed by atoms with Gasteiger partial charge >= 0.3 is 5.97 Å². The molecule has 1 atom stereocenters. The van der Waals surface area contributed by atoms with Crippen molar-refractivity contribution in [2.45, 2.75) is 25.9 Å². The SMILES string of the molecule is C[C@H](OC(=O)c1ccc2c3c(cccc13)CC2)c1nc(-c2cccnc2)no1. The number of aryl methyl sites for hydroxylation is 2. The van der Waals surface area contributed by atoms with Crippen LogP contribution < -0.4 is 0 Å². The lowest BCUT2D eigenvalue weighted by Crippen LogP contribution is -2.10. The molecule has 0 N–H and O–H groups in total. The van der Waals surface area contributed by atoms with Crippen LogP contribution in [0.2, 0.25) is 0 Å². The summed E-state index contributed by atoms with van der Waals surface area (Å²) >= 11 is 0. The van der Waals surface area contributed by atoms with E-state index in [1.165, 1.54) is 16.5 Å². The van der Waals surface area contributed by atoms with Gasteiger partial charge in [0.05, 0.1) is 5.56 Å². The number of rotatable bonds is 4. The van der Waals surface area contributed by atoms with E-state index in [1.54, 1.807) is 25.4 Å². The molecule has 2 aromatic carbocycles. The number of esters is 1. The second-order valence-electron chi connectivity index (χ2n) is 6.86. The summed E-state index contributed by atoms with van der Waals surface area (Å²) in [5, 5.41) is 6.07. The zero-order valence-corrected chi connectivity index (χ0v) is 15.3. The lowest BCUT2D eigenvalue weighted by atomic mass is 10.00. The molecule has 0 spiro atoms. The summed E-state index contributed by atoms with van der Waals surface area (Å²) in [7, 11) is 0. The monoisotopic (exact) mass is 371 g/mol. The number of carbonyl (C=O) groups is 1. The molecule has 0 saturated carbocycles. The van der Waals surface area contributed by atoms with Gasteiger partial charge in [-0.05, 0) is 59.9 Å². The standard InChI is InChI=1S/C22H17N3O3/c1-13(21-24-20(25-28-21)16-5-3-11-23-12-16)27-22(26)18-10-9-15-8-7-14-4-2-6-17(18)19(14)15/h2-6,9-13H,7-8H2,1H3/t13-/m0/s1. The van der Waals surface area contributed by atoms with Crippen LogP contribution >= 0.6 is 0 Å². The molecule has 0 amide bonds. The summed E-state index contributed by atoms with van der Waals surface area (Å²) < 4.78 is 10.9. The Morgan fingerprint density at radius 1 is 1.11 bits per heavy atom. The van der Waals surface area contributed by atoms with Crippen LogP contribution in [0.5, 0.6) is 0 Å². The second-order valence-corrected chi connectivity index (χ2v) is 6.86. The van der Waals surface area contributed by atoms with Gasteiger partial charge in [0.2, 0.25) is 5.82 Å². The van der Waals surface area contributed by atoms with Gasteiger partial charge in [-0.3, -0.25) is 4.98 Å². The van der Waals surface area contributed by atoms with E-state index < -0.39 is 12.1 Å². The Labute approximate surface area is 161 Å². The number of carbonyl (C=O) groups excluding carboxylic acids is 1.